The second kappa shape index (κ2) is 7.18. The molecule has 0 radical (unpaired) electrons. The third-order valence-corrected chi connectivity index (χ3v) is 3.69. The Morgan fingerprint density at radius 3 is 2.36 bits per heavy atom. The summed E-state index contributed by atoms with van der Waals surface area (Å²) in [5.41, 5.74) is 3.34. The van der Waals surface area contributed by atoms with Gasteiger partial charge in [0.15, 0.2) is 5.78 Å². The summed E-state index contributed by atoms with van der Waals surface area (Å²) in [5.74, 6) is -0.525. The van der Waals surface area contributed by atoms with E-state index in [2.05, 4.69) is 21.2 Å². The lowest BCUT2D eigenvalue weighted by atomic mass is 10.1. The first-order valence-corrected chi connectivity index (χ1v) is 7.61. The molecule has 0 fully saturated rings. The fourth-order valence-corrected chi connectivity index (χ4v) is 2.17. The second-order valence-corrected chi connectivity index (χ2v) is 5.93. The van der Waals surface area contributed by atoms with Gasteiger partial charge in [-0.1, -0.05) is 28.1 Å². The molecule has 0 aliphatic heterocycles. The van der Waals surface area contributed by atoms with Crippen LogP contribution in [0.15, 0.2) is 59.1 Å². The molecule has 2 rings (SSSR count). The number of hydrogen-bond acceptors (Lipinski definition) is 2. The van der Waals surface area contributed by atoms with Crippen LogP contribution in [0.2, 0.25) is 0 Å². The van der Waals surface area contributed by atoms with Gasteiger partial charge in [-0.3, -0.25) is 9.59 Å². The van der Waals surface area contributed by atoms with Gasteiger partial charge in [-0.25, -0.2) is 0 Å². The predicted octanol–water partition coefficient (Wildman–Crippen LogP) is 4.44. The van der Waals surface area contributed by atoms with E-state index in [0.717, 1.165) is 21.3 Å². The molecule has 0 saturated heterocycles. The molecule has 4 heteroatoms. The van der Waals surface area contributed by atoms with Crippen LogP contribution < -0.4 is 5.32 Å². The predicted molar refractivity (Wildman–Crippen MR) is 92.2 cm³/mol. The number of aryl methyl sites for hydroxylation is 2. The minimum atomic E-state index is -0.320. The van der Waals surface area contributed by atoms with Gasteiger partial charge < -0.3 is 5.32 Å². The maximum Gasteiger partial charge on any atom is 0.248 e. The van der Waals surface area contributed by atoms with Gasteiger partial charge in [-0.15, -0.1) is 0 Å². The highest BCUT2D eigenvalue weighted by atomic mass is 79.9. The van der Waals surface area contributed by atoms with Crippen molar-refractivity contribution < 1.29 is 9.59 Å². The summed E-state index contributed by atoms with van der Waals surface area (Å²) in [7, 11) is 0. The summed E-state index contributed by atoms with van der Waals surface area (Å²) in [5, 5.41) is 2.78. The van der Waals surface area contributed by atoms with Crippen LogP contribution in [0.25, 0.3) is 0 Å². The number of amides is 1. The van der Waals surface area contributed by atoms with E-state index < -0.39 is 0 Å². The summed E-state index contributed by atoms with van der Waals surface area (Å²) in [6, 6.07) is 12.8. The van der Waals surface area contributed by atoms with Crippen LogP contribution in [-0.4, -0.2) is 11.7 Å². The Kier molecular flexibility index (Phi) is 5.28. The van der Waals surface area contributed by atoms with Gasteiger partial charge in [-0.2, -0.15) is 0 Å². The number of rotatable bonds is 4. The van der Waals surface area contributed by atoms with Crippen LogP contribution in [0.5, 0.6) is 0 Å². The summed E-state index contributed by atoms with van der Waals surface area (Å²) in [6.45, 7) is 3.88. The van der Waals surface area contributed by atoms with Gasteiger partial charge in [0.1, 0.15) is 0 Å². The number of halogens is 1. The van der Waals surface area contributed by atoms with Gasteiger partial charge >= 0.3 is 0 Å². The van der Waals surface area contributed by atoms with Crippen LogP contribution >= 0.6 is 15.9 Å². The van der Waals surface area contributed by atoms with Crippen LogP contribution in [0.1, 0.15) is 21.5 Å². The summed E-state index contributed by atoms with van der Waals surface area (Å²) in [6.07, 6.45) is 2.54. The molecule has 0 heterocycles. The molecule has 0 aliphatic rings. The molecule has 0 bridgehead atoms. The Morgan fingerprint density at radius 1 is 1.00 bits per heavy atom. The maximum absolute atomic E-state index is 12.0. The highest BCUT2D eigenvalue weighted by Gasteiger charge is 2.04. The zero-order chi connectivity index (χ0) is 16.1. The second-order valence-electron chi connectivity index (χ2n) is 5.01. The van der Waals surface area contributed by atoms with Crippen molar-refractivity contribution >= 4 is 33.3 Å². The Balaban J connectivity index is 2.03. The number of anilines is 1. The number of carbonyl (C=O) groups excluding carboxylic acids is 2. The first-order chi connectivity index (χ1) is 10.5. The van der Waals surface area contributed by atoms with Crippen molar-refractivity contribution in [1.29, 1.82) is 0 Å². The fraction of sp³-hybridized carbons (Fsp3) is 0.111. The quantitative estimate of drug-likeness (QED) is 0.649. The van der Waals surface area contributed by atoms with E-state index in [1.165, 1.54) is 12.2 Å². The normalized spacial score (nSPS) is 10.7. The molecule has 0 atom stereocenters. The van der Waals surface area contributed by atoms with E-state index in [-0.39, 0.29) is 11.7 Å². The zero-order valence-corrected chi connectivity index (χ0v) is 14.0. The molecule has 0 aliphatic carbocycles. The van der Waals surface area contributed by atoms with Crippen molar-refractivity contribution in [3.8, 4) is 0 Å². The number of ketones is 1. The van der Waals surface area contributed by atoms with Crippen molar-refractivity contribution in [3.05, 3.63) is 75.8 Å². The molecule has 22 heavy (non-hydrogen) atoms. The molecule has 2 aromatic carbocycles. The highest BCUT2D eigenvalue weighted by Crippen LogP contribution is 2.16. The molecular weight excluding hydrogens is 342 g/mol. The van der Waals surface area contributed by atoms with E-state index in [1.807, 2.05) is 32.0 Å². The molecule has 0 aromatic heterocycles. The number of hydrogen-bond donors (Lipinski definition) is 1. The number of carbonyl (C=O) groups is 2. The van der Waals surface area contributed by atoms with Crippen molar-refractivity contribution in [1.82, 2.24) is 0 Å². The molecule has 1 amide bonds. The molecule has 0 spiro atoms. The minimum Gasteiger partial charge on any atom is -0.322 e. The first-order valence-electron chi connectivity index (χ1n) is 6.82. The topological polar surface area (TPSA) is 46.2 Å². The number of allylic oxidation sites excluding steroid dienone is 1. The molecule has 0 saturated carbocycles. The standard InChI is InChI=1S/C18H16BrNO2/c1-12-3-4-13(2)16(11-12)20-18(22)10-9-17(21)14-5-7-15(19)8-6-14/h3-11H,1-2H3,(H,20,22)/b10-9+. The number of nitrogens with one attached hydrogen (secondary N) is 1. The van der Waals surface area contributed by atoms with Gasteiger partial charge in [0.2, 0.25) is 5.91 Å². The first kappa shape index (κ1) is 16.2. The fourth-order valence-electron chi connectivity index (χ4n) is 1.91. The van der Waals surface area contributed by atoms with E-state index in [9.17, 15) is 9.59 Å². The summed E-state index contributed by atoms with van der Waals surface area (Å²) < 4.78 is 0.903. The molecule has 0 unspecified atom stereocenters. The van der Waals surface area contributed by atoms with E-state index in [4.69, 9.17) is 0 Å². The van der Waals surface area contributed by atoms with Gasteiger partial charge in [0, 0.05) is 21.8 Å². The van der Waals surface area contributed by atoms with Crippen molar-refractivity contribution in [3.63, 3.8) is 0 Å². The lowest BCUT2D eigenvalue weighted by Gasteiger charge is -2.07. The average molecular weight is 358 g/mol. The van der Waals surface area contributed by atoms with Gasteiger partial charge in [0.05, 0.1) is 0 Å². The monoisotopic (exact) mass is 357 g/mol. The van der Waals surface area contributed by atoms with Crippen LogP contribution in [0.4, 0.5) is 5.69 Å². The van der Waals surface area contributed by atoms with Crippen LogP contribution in [0, 0.1) is 13.8 Å². The Labute approximate surface area is 138 Å². The SMILES string of the molecule is Cc1ccc(C)c(NC(=O)/C=C/C(=O)c2ccc(Br)cc2)c1. The zero-order valence-electron chi connectivity index (χ0n) is 12.4. The van der Waals surface area contributed by atoms with Gasteiger partial charge in [0.25, 0.3) is 0 Å². The summed E-state index contributed by atoms with van der Waals surface area (Å²) >= 11 is 3.31. The third kappa shape index (κ3) is 4.40. The van der Waals surface area contributed by atoms with Gasteiger partial charge in [-0.05, 0) is 61.4 Å². The molecule has 1 N–H and O–H groups in total. The average Bonchev–Trinajstić information content (AvgIpc) is 2.49. The van der Waals surface area contributed by atoms with Crippen molar-refractivity contribution in [2.45, 2.75) is 13.8 Å². The molecular formula is C18H16BrNO2. The Morgan fingerprint density at radius 2 is 1.68 bits per heavy atom. The third-order valence-electron chi connectivity index (χ3n) is 3.17. The van der Waals surface area contributed by atoms with Crippen LogP contribution in [-0.2, 0) is 4.79 Å². The van der Waals surface area contributed by atoms with Crippen molar-refractivity contribution in [2.75, 3.05) is 5.32 Å². The summed E-state index contributed by atoms with van der Waals surface area (Å²) in [4.78, 5) is 23.9. The lowest BCUT2D eigenvalue weighted by Crippen LogP contribution is -2.10. The van der Waals surface area contributed by atoms with Crippen molar-refractivity contribution in [2.24, 2.45) is 0 Å². The smallest absolute Gasteiger partial charge is 0.248 e. The van der Waals surface area contributed by atoms with E-state index >= 15 is 0 Å². The number of benzene rings is 2. The maximum atomic E-state index is 12.0. The lowest BCUT2D eigenvalue weighted by molar-refractivity contribution is -0.111. The Bertz CT molecular complexity index is 733. The van der Waals surface area contributed by atoms with E-state index in [0.29, 0.717) is 5.56 Å². The van der Waals surface area contributed by atoms with Crippen LogP contribution in [0.3, 0.4) is 0 Å². The Hall–Kier alpha value is -2.20. The largest absolute Gasteiger partial charge is 0.322 e. The highest BCUT2D eigenvalue weighted by molar-refractivity contribution is 9.10. The minimum absolute atomic E-state index is 0.205. The molecule has 2 aromatic rings. The molecule has 3 nitrogen and oxygen atoms in total. The molecule has 112 valence electrons. The van der Waals surface area contributed by atoms with E-state index in [1.54, 1.807) is 24.3 Å².